The molecule has 90 valence electrons. The highest BCUT2D eigenvalue weighted by atomic mass is 79.9. The number of hydrogen-bond acceptors (Lipinski definition) is 0. The summed E-state index contributed by atoms with van der Waals surface area (Å²) in [6, 6.07) is 9.04. The second-order valence-electron chi connectivity index (χ2n) is 5.72. The number of halogens is 1. The van der Waals surface area contributed by atoms with E-state index >= 15 is 0 Å². The Balaban J connectivity index is 2.66. The van der Waals surface area contributed by atoms with Gasteiger partial charge in [-0.25, -0.2) is 0 Å². The van der Waals surface area contributed by atoms with E-state index in [1.165, 1.54) is 30.4 Å². The molecule has 0 aliphatic carbocycles. The van der Waals surface area contributed by atoms with Gasteiger partial charge in [-0.15, -0.1) is 0 Å². The molecular weight excluding hydrogens is 260 g/mol. The van der Waals surface area contributed by atoms with Gasteiger partial charge in [-0.3, -0.25) is 0 Å². The van der Waals surface area contributed by atoms with Crippen LogP contribution >= 0.6 is 15.9 Å². The minimum atomic E-state index is 0.371. The molecule has 0 nitrogen and oxygen atoms in total. The molecule has 0 bridgehead atoms. The fraction of sp³-hybridized carbons (Fsp3) is 0.600. The molecule has 1 unspecified atom stereocenters. The molecule has 0 aromatic heterocycles. The van der Waals surface area contributed by atoms with Gasteiger partial charge in [-0.2, -0.15) is 0 Å². The first-order valence-corrected chi connectivity index (χ1v) is 7.07. The Labute approximate surface area is 109 Å². The van der Waals surface area contributed by atoms with E-state index in [2.05, 4.69) is 67.9 Å². The van der Waals surface area contributed by atoms with E-state index in [1.807, 2.05) is 0 Å². The van der Waals surface area contributed by atoms with Crippen LogP contribution in [0.3, 0.4) is 0 Å². The van der Waals surface area contributed by atoms with Gasteiger partial charge in [0.1, 0.15) is 0 Å². The standard InChI is InChI=1S/C15H23Br/c1-5-6-12-7-9-13(10-8-12)14(16)11-15(2,3)4/h7-10,14H,5-6,11H2,1-4H3. The summed E-state index contributed by atoms with van der Waals surface area (Å²) in [6.07, 6.45) is 3.58. The van der Waals surface area contributed by atoms with Gasteiger partial charge in [-0.05, 0) is 29.4 Å². The van der Waals surface area contributed by atoms with E-state index in [-0.39, 0.29) is 0 Å². The molecule has 0 spiro atoms. The van der Waals surface area contributed by atoms with E-state index in [0.29, 0.717) is 10.2 Å². The summed E-state index contributed by atoms with van der Waals surface area (Å²) in [6.45, 7) is 9.08. The van der Waals surface area contributed by atoms with Crippen molar-refractivity contribution in [3.05, 3.63) is 35.4 Å². The lowest BCUT2D eigenvalue weighted by molar-refractivity contribution is 0.377. The maximum atomic E-state index is 3.79. The highest BCUT2D eigenvalue weighted by molar-refractivity contribution is 9.09. The van der Waals surface area contributed by atoms with Gasteiger partial charge < -0.3 is 0 Å². The number of hydrogen-bond donors (Lipinski definition) is 0. The number of benzene rings is 1. The summed E-state index contributed by atoms with van der Waals surface area (Å²) in [5.74, 6) is 0. The zero-order chi connectivity index (χ0) is 12.2. The van der Waals surface area contributed by atoms with Crippen LogP contribution in [0.2, 0.25) is 0 Å². The van der Waals surface area contributed by atoms with Crippen molar-refractivity contribution < 1.29 is 0 Å². The second-order valence-corrected chi connectivity index (χ2v) is 6.83. The maximum Gasteiger partial charge on any atom is 0.0400 e. The van der Waals surface area contributed by atoms with E-state index in [1.54, 1.807) is 0 Å². The zero-order valence-corrected chi connectivity index (χ0v) is 12.5. The highest BCUT2D eigenvalue weighted by Gasteiger charge is 2.17. The number of rotatable bonds is 4. The molecule has 0 heterocycles. The minimum Gasteiger partial charge on any atom is -0.0839 e. The van der Waals surface area contributed by atoms with Crippen LogP contribution in [0, 0.1) is 5.41 Å². The first-order chi connectivity index (χ1) is 7.42. The summed E-state index contributed by atoms with van der Waals surface area (Å²) in [5, 5.41) is 0. The topological polar surface area (TPSA) is 0 Å². The normalized spacial score (nSPS) is 13.8. The van der Waals surface area contributed by atoms with Crippen molar-refractivity contribution >= 4 is 15.9 Å². The Hall–Kier alpha value is -0.300. The third-order valence-electron chi connectivity index (χ3n) is 2.67. The summed E-state index contributed by atoms with van der Waals surface area (Å²) in [4.78, 5) is 0.475. The molecule has 0 N–H and O–H groups in total. The molecule has 0 saturated carbocycles. The van der Waals surface area contributed by atoms with Crippen LogP contribution in [0.1, 0.15) is 56.5 Å². The fourth-order valence-electron chi connectivity index (χ4n) is 1.84. The SMILES string of the molecule is CCCc1ccc(C(Br)CC(C)(C)C)cc1. The highest BCUT2D eigenvalue weighted by Crippen LogP contribution is 2.35. The summed E-state index contributed by atoms with van der Waals surface area (Å²) >= 11 is 3.79. The van der Waals surface area contributed by atoms with Crippen molar-refractivity contribution in [1.82, 2.24) is 0 Å². The summed E-state index contributed by atoms with van der Waals surface area (Å²) < 4.78 is 0. The second kappa shape index (κ2) is 5.86. The van der Waals surface area contributed by atoms with Crippen LogP contribution in [0.4, 0.5) is 0 Å². The van der Waals surface area contributed by atoms with Crippen LogP contribution in [-0.4, -0.2) is 0 Å². The Morgan fingerprint density at radius 3 is 2.12 bits per heavy atom. The van der Waals surface area contributed by atoms with E-state index < -0.39 is 0 Å². The third kappa shape index (κ3) is 4.69. The predicted molar refractivity (Wildman–Crippen MR) is 76.2 cm³/mol. The third-order valence-corrected chi connectivity index (χ3v) is 3.52. The molecule has 0 aliphatic heterocycles. The molecule has 0 fully saturated rings. The lowest BCUT2D eigenvalue weighted by atomic mass is 9.88. The van der Waals surface area contributed by atoms with Gasteiger partial charge in [0.25, 0.3) is 0 Å². The Kier molecular flexibility index (Phi) is 5.04. The van der Waals surface area contributed by atoms with Crippen LogP contribution in [0.25, 0.3) is 0 Å². The molecule has 1 aromatic carbocycles. The van der Waals surface area contributed by atoms with Crippen molar-refractivity contribution in [3.8, 4) is 0 Å². The number of alkyl halides is 1. The molecule has 0 amide bonds. The Bertz CT molecular complexity index is 305. The predicted octanol–water partition coefficient (Wildman–Crippen LogP) is 5.51. The average molecular weight is 283 g/mol. The van der Waals surface area contributed by atoms with Crippen molar-refractivity contribution in [3.63, 3.8) is 0 Å². The van der Waals surface area contributed by atoms with Crippen LogP contribution in [-0.2, 0) is 6.42 Å². The van der Waals surface area contributed by atoms with Gasteiger partial charge in [0.05, 0.1) is 0 Å². The van der Waals surface area contributed by atoms with Crippen molar-refractivity contribution in [1.29, 1.82) is 0 Å². The molecule has 0 saturated heterocycles. The maximum absolute atomic E-state index is 3.79. The van der Waals surface area contributed by atoms with Crippen molar-refractivity contribution in [2.24, 2.45) is 5.41 Å². The molecule has 1 rings (SSSR count). The number of aryl methyl sites for hydroxylation is 1. The quantitative estimate of drug-likeness (QED) is 0.639. The van der Waals surface area contributed by atoms with Gasteiger partial charge in [0, 0.05) is 4.83 Å². The summed E-state index contributed by atoms with van der Waals surface area (Å²) in [5.41, 5.74) is 3.22. The van der Waals surface area contributed by atoms with E-state index in [9.17, 15) is 0 Å². The molecular formula is C15H23Br. The van der Waals surface area contributed by atoms with E-state index in [0.717, 1.165) is 0 Å². The Morgan fingerprint density at radius 2 is 1.69 bits per heavy atom. The van der Waals surface area contributed by atoms with E-state index in [4.69, 9.17) is 0 Å². The monoisotopic (exact) mass is 282 g/mol. The van der Waals surface area contributed by atoms with Crippen molar-refractivity contribution in [2.45, 2.75) is 51.8 Å². The average Bonchev–Trinajstić information content (AvgIpc) is 2.16. The molecule has 1 atom stereocenters. The van der Waals surface area contributed by atoms with Gasteiger partial charge in [0.15, 0.2) is 0 Å². The molecule has 16 heavy (non-hydrogen) atoms. The first-order valence-electron chi connectivity index (χ1n) is 6.15. The molecule has 1 aromatic rings. The first kappa shape index (κ1) is 13.8. The largest absolute Gasteiger partial charge is 0.0839 e. The van der Waals surface area contributed by atoms with Crippen LogP contribution in [0.15, 0.2) is 24.3 Å². The lowest BCUT2D eigenvalue weighted by Gasteiger charge is -2.22. The minimum absolute atomic E-state index is 0.371. The van der Waals surface area contributed by atoms with Crippen LogP contribution < -0.4 is 0 Å². The summed E-state index contributed by atoms with van der Waals surface area (Å²) in [7, 11) is 0. The van der Waals surface area contributed by atoms with Crippen molar-refractivity contribution in [2.75, 3.05) is 0 Å². The molecule has 0 aliphatic rings. The smallest absolute Gasteiger partial charge is 0.0400 e. The molecule has 1 heteroatoms. The zero-order valence-electron chi connectivity index (χ0n) is 10.9. The van der Waals surface area contributed by atoms with Gasteiger partial charge >= 0.3 is 0 Å². The van der Waals surface area contributed by atoms with Crippen LogP contribution in [0.5, 0.6) is 0 Å². The van der Waals surface area contributed by atoms with Gasteiger partial charge in [0.2, 0.25) is 0 Å². The fourth-order valence-corrected chi connectivity index (χ4v) is 3.11. The van der Waals surface area contributed by atoms with Gasteiger partial charge in [-0.1, -0.05) is 74.3 Å². The molecule has 0 radical (unpaired) electrons. The lowest BCUT2D eigenvalue weighted by Crippen LogP contribution is -2.08. The Morgan fingerprint density at radius 1 is 1.12 bits per heavy atom.